The molecule has 4 heterocycles. The molecule has 1 saturated carbocycles. The number of carbonyl (C=O) groups is 2. The first-order valence-corrected chi connectivity index (χ1v) is 11.0. The van der Waals surface area contributed by atoms with Gasteiger partial charge in [-0.3, -0.25) is 14.7 Å². The van der Waals surface area contributed by atoms with Crippen LogP contribution in [0.1, 0.15) is 67.5 Å². The zero-order valence-corrected chi connectivity index (χ0v) is 17.6. The van der Waals surface area contributed by atoms with Gasteiger partial charge in [0, 0.05) is 42.8 Å². The first-order valence-electron chi connectivity index (χ1n) is 11.0. The van der Waals surface area contributed by atoms with Crippen LogP contribution in [0.2, 0.25) is 0 Å². The van der Waals surface area contributed by atoms with Crippen LogP contribution in [0.15, 0.2) is 18.9 Å². The van der Waals surface area contributed by atoms with Crippen LogP contribution >= 0.6 is 0 Å². The summed E-state index contributed by atoms with van der Waals surface area (Å²) in [6.45, 7) is 2.03. The third-order valence-electron chi connectivity index (χ3n) is 7.46. The van der Waals surface area contributed by atoms with E-state index in [9.17, 15) is 9.59 Å². The van der Waals surface area contributed by atoms with Crippen molar-refractivity contribution in [2.24, 2.45) is 5.92 Å². The summed E-state index contributed by atoms with van der Waals surface area (Å²) in [5.74, 6) is 0.417. The SMILES string of the molecule is CCc1[nH]ncc1C(=O)N1[C@@H]2CC[C@H]1CC(N(C)C(=O)C1CC(n3cnnc3)C1)C2. The molecule has 1 N–H and O–H groups in total. The van der Waals surface area contributed by atoms with Gasteiger partial charge in [-0.1, -0.05) is 6.92 Å². The maximum Gasteiger partial charge on any atom is 0.257 e. The number of fused-ring (bicyclic) bond motifs is 2. The molecule has 160 valence electrons. The third-order valence-corrected chi connectivity index (χ3v) is 7.46. The van der Waals surface area contributed by atoms with Crippen LogP contribution < -0.4 is 0 Å². The zero-order valence-electron chi connectivity index (χ0n) is 17.6. The zero-order chi connectivity index (χ0) is 20.8. The summed E-state index contributed by atoms with van der Waals surface area (Å²) in [5, 5.41) is 14.7. The van der Waals surface area contributed by atoms with Crippen molar-refractivity contribution < 1.29 is 9.59 Å². The number of carbonyl (C=O) groups excluding carboxylic acids is 2. The highest BCUT2D eigenvalue weighted by molar-refractivity contribution is 5.95. The number of H-pyrrole nitrogens is 1. The van der Waals surface area contributed by atoms with E-state index in [-0.39, 0.29) is 35.9 Å². The number of hydrogen-bond acceptors (Lipinski definition) is 5. The Labute approximate surface area is 175 Å². The molecule has 0 aromatic carbocycles. The second-order valence-corrected chi connectivity index (χ2v) is 9.02. The van der Waals surface area contributed by atoms with Crippen LogP contribution in [0.5, 0.6) is 0 Å². The van der Waals surface area contributed by atoms with Gasteiger partial charge in [0.05, 0.1) is 11.8 Å². The topological polar surface area (TPSA) is 100 Å². The van der Waals surface area contributed by atoms with E-state index < -0.39 is 0 Å². The lowest BCUT2D eigenvalue weighted by Crippen LogP contribution is -2.54. The first kappa shape index (κ1) is 19.3. The summed E-state index contributed by atoms with van der Waals surface area (Å²) in [6.07, 6.45) is 11.4. The monoisotopic (exact) mass is 411 g/mol. The van der Waals surface area contributed by atoms with Crippen LogP contribution in [0, 0.1) is 5.92 Å². The van der Waals surface area contributed by atoms with Crippen LogP contribution in [0.25, 0.3) is 0 Å². The van der Waals surface area contributed by atoms with Crippen LogP contribution in [-0.2, 0) is 11.2 Å². The molecular weight excluding hydrogens is 382 g/mol. The second-order valence-electron chi connectivity index (χ2n) is 9.02. The lowest BCUT2D eigenvalue weighted by atomic mass is 9.78. The summed E-state index contributed by atoms with van der Waals surface area (Å²) in [6, 6.07) is 0.966. The fraction of sp³-hybridized carbons (Fsp3) is 0.667. The van der Waals surface area contributed by atoms with Gasteiger partial charge < -0.3 is 14.4 Å². The number of hydrogen-bond donors (Lipinski definition) is 1. The molecule has 3 atom stereocenters. The van der Waals surface area contributed by atoms with Crippen LogP contribution in [0.3, 0.4) is 0 Å². The van der Waals surface area contributed by atoms with Crippen molar-refractivity contribution in [3.05, 3.63) is 30.1 Å². The van der Waals surface area contributed by atoms with E-state index in [0.717, 1.165) is 50.6 Å². The Morgan fingerprint density at radius 1 is 1.10 bits per heavy atom. The van der Waals surface area contributed by atoms with E-state index in [4.69, 9.17) is 0 Å². The summed E-state index contributed by atoms with van der Waals surface area (Å²) in [5.41, 5.74) is 1.60. The maximum atomic E-state index is 13.2. The first-order chi connectivity index (χ1) is 14.6. The Morgan fingerprint density at radius 3 is 2.40 bits per heavy atom. The normalized spacial score (nSPS) is 30.2. The van der Waals surface area contributed by atoms with Gasteiger partial charge in [0.2, 0.25) is 5.91 Å². The molecule has 9 heteroatoms. The molecule has 0 radical (unpaired) electrons. The van der Waals surface area contributed by atoms with Crippen LogP contribution in [-0.4, -0.2) is 71.7 Å². The molecule has 9 nitrogen and oxygen atoms in total. The van der Waals surface area contributed by atoms with Gasteiger partial charge in [-0.2, -0.15) is 5.10 Å². The van der Waals surface area contributed by atoms with Crippen LogP contribution in [0.4, 0.5) is 0 Å². The molecule has 2 amide bonds. The molecule has 2 aromatic heterocycles. The molecule has 0 spiro atoms. The summed E-state index contributed by atoms with van der Waals surface area (Å²) in [4.78, 5) is 30.3. The van der Waals surface area contributed by atoms with E-state index >= 15 is 0 Å². The third kappa shape index (κ3) is 3.11. The molecule has 5 rings (SSSR count). The fourth-order valence-electron chi connectivity index (χ4n) is 5.60. The van der Waals surface area contributed by atoms with E-state index in [2.05, 4.69) is 25.3 Å². The number of nitrogens with one attached hydrogen (secondary N) is 1. The van der Waals surface area contributed by atoms with E-state index in [0.29, 0.717) is 11.6 Å². The van der Waals surface area contributed by atoms with E-state index in [1.54, 1.807) is 18.9 Å². The smallest absolute Gasteiger partial charge is 0.257 e. The number of amides is 2. The number of aromatic nitrogens is 5. The highest BCUT2D eigenvalue weighted by Crippen LogP contribution is 2.42. The van der Waals surface area contributed by atoms with Gasteiger partial charge in [0.25, 0.3) is 5.91 Å². The van der Waals surface area contributed by atoms with E-state index in [1.807, 2.05) is 23.4 Å². The van der Waals surface area contributed by atoms with Gasteiger partial charge in [0.1, 0.15) is 12.7 Å². The number of aryl methyl sites for hydroxylation is 1. The summed E-state index contributed by atoms with van der Waals surface area (Å²) in [7, 11) is 1.95. The average molecular weight is 412 g/mol. The second kappa shape index (κ2) is 7.52. The van der Waals surface area contributed by atoms with Gasteiger partial charge in [-0.25, -0.2) is 0 Å². The number of piperidine rings is 1. The Hall–Kier alpha value is -2.71. The number of rotatable bonds is 5. The van der Waals surface area contributed by atoms with Crippen molar-refractivity contribution in [1.29, 1.82) is 0 Å². The summed E-state index contributed by atoms with van der Waals surface area (Å²) >= 11 is 0. The summed E-state index contributed by atoms with van der Waals surface area (Å²) < 4.78 is 1.99. The molecule has 2 saturated heterocycles. The quantitative estimate of drug-likeness (QED) is 0.809. The van der Waals surface area contributed by atoms with Gasteiger partial charge in [-0.15, -0.1) is 10.2 Å². The lowest BCUT2D eigenvalue weighted by molar-refractivity contribution is -0.141. The Bertz CT molecular complexity index is 904. The van der Waals surface area contributed by atoms with Crippen molar-refractivity contribution >= 4 is 11.8 Å². The lowest BCUT2D eigenvalue weighted by Gasteiger charge is -2.44. The minimum absolute atomic E-state index is 0.0813. The molecule has 3 aliphatic rings. The molecule has 2 aliphatic heterocycles. The van der Waals surface area contributed by atoms with Crippen molar-refractivity contribution in [2.45, 2.75) is 76.0 Å². The molecule has 2 bridgehead atoms. The van der Waals surface area contributed by atoms with Crippen molar-refractivity contribution in [3.63, 3.8) is 0 Å². The maximum absolute atomic E-state index is 13.2. The van der Waals surface area contributed by atoms with E-state index in [1.165, 1.54) is 0 Å². The minimum Gasteiger partial charge on any atom is -0.342 e. The highest BCUT2D eigenvalue weighted by atomic mass is 16.2. The average Bonchev–Trinajstić information content (AvgIpc) is 3.45. The standard InChI is InChI=1S/C21H29N7O2/c1-3-19-18(10-22-25-19)21(30)28-14-4-5-15(28)9-16(8-14)26(2)20(29)13-6-17(7-13)27-11-23-24-12-27/h10-17H,3-9H2,1-2H3,(H,22,25)/t13?,14-,15+,16?,17?. The highest BCUT2D eigenvalue weighted by Gasteiger charge is 2.47. The predicted molar refractivity (Wildman–Crippen MR) is 109 cm³/mol. The molecule has 3 fully saturated rings. The fourth-order valence-corrected chi connectivity index (χ4v) is 5.60. The number of aromatic amines is 1. The molecule has 2 aromatic rings. The van der Waals surface area contributed by atoms with Crippen molar-refractivity contribution in [2.75, 3.05) is 7.05 Å². The van der Waals surface area contributed by atoms with Gasteiger partial charge >= 0.3 is 0 Å². The van der Waals surface area contributed by atoms with Crippen molar-refractivity contribution in [1.82, 2.24) is 34.8 Å². The molecular formula is C21H29N7O2. The van der Waals surface area contributed by atoms with Gasteiger partial charge in [-0.05, 0) is 44.9 Å². The minimum atomic E-state index is 0.0813. The Kier molecular flexibility index (Phi) is 4.83. The Morgan fingerprint density at radius 2 is 1.77 bits per heavy atom. The Balaban J connectivity index is 1.21. The molecule has 30 heavy (non-hydrogen) atoms. The largest absolute Gasteiger partial charge is 0.342 e. The predicted octanol–water partition coefficient (Wildman–Crippen LogP) is 1.81. The molecule has 1 unspecified atom stereocenters. The van der Waals surface area contributed by atoms with Gasteiger partial charge in [0.15, 0.2) is 0 Å². The van der Waals surface area contributed by atoms with Crippen molar-refractivity contribution in [3.8, 4) is 0 Å². The number of nitrogens with zero attached hydrogens (tertiary/aromatic N) is 6. The molecule has 1 aliphatic carbocycles.